The zero-order chi connectivity index (χ0) is 15.6. The number of nitrogens with one attached hydrogen (secondary N) is 1. The van der Waals surface area contributed by atoms with E-state index in [0.717, 1.165) is 17.4 Å². The van der Waals surface area contributed by atoms with Crippen LogP contribution >= 0.6 is 23.7 Å². The number of piperidine rings is 3. The molecule has 0 spiro atoms. The van der Waals surface area contributed by atoms with E-state index in [1.54, 1.807) is 0 Å². The molecule has 4 nitrogen and oxygen atoms in total. The first-order valence-corrected chi connectivity index (χ1v) is 8.95. The SMILES string of the molecule is Cl.O=C(N[C@H]1CN2CCC1CC2)c1ccc(Oc2ccccc2)s1. The summed E-state index contributed by atoms with van der Waals surface area (Å²) in [4.78, 5) is 15.6. The van der Waals surface area contributed by atoms with Crippen LogP contribution < -0.4 is 10.1 Å². The van der Waals surface area contributed by atoms with E-state index in [4.69, 9.17) is 4.74 Å². The molecule has 0 radical (unpaired) electrons. The van der Waals surface area contributed by atoms with Crippen LogP contribution in [0.2, 0.25) is 0 Å². The summed E-state index contributed by atoms with van der Waals surface area (Å²) in [7, 11) is 0. The molecule has 0 aliphatic carbocycles. The molecule has 3 saturated heterocycles. The lowest BCUT2D eigenvalue weighted by molar-refractivity contribution is 0.0622. The molecule has 2 aromatic rings. The fourth-order valence-corrected chi connectivity index (χ4v) is 4.25. The van der Waals surface area contributed by atoms with Gasteiger partial charge >= 0.3 is 0 Å². The molecule has 4 heterocycles. The predicted molar refractivity (Wildman–Crippen MR) is 98.5 cm³/mol. The number of halogens is 1. The van der Waals surface area contributed by atoms with Crippen molar-refractivity contribution in [1.29, 1.82) is 0 Å². The van der Waals surface area contributed by atoms with Gasteiger partial charge in [-0.05, 0) is 56.1 Å². The van der Waals surface area contributed by atoms with Crippen LogP contribution in [-0.4, -0.2) is 36.5 Å². The second-order valence-corrected chi connectivity index (χ2v) is 7.30. The summed E-state index contributed by atoms with van der Waals surface area (Å²) >= 11 is 1.40. The minimum absolute atomic E-state index is 0. The molecule has 1 N–H and O–H groups in total. The Labute approximate surface area is 152 Å². The molecule has 3 fully saturated rings. The maximum Gasteiger partial charge on any atom is 0.261 e. The van der Waals surface area contributed by atoms with Crippen molar-refractivity contribution in [2.24, 2.45) is 5.92 Å². The molecule has 2 bridgehead atoms. The predicted octanol–water partition coefficient (Wildman–Crippen LogP) is 3.79. The fraction of sp³-hybridized carbons (Fsp3) is 0.389. The summed E-state index contributed by atoms with van der Waals surface area (Å²) < 4.78 is 5.78. The summed E-state index contributed by atoms with van der Waals surface area (Å²) in [6, 6.07) is 13.6. The Balaban J connectivity index is 0.00000169. The second-order valence-electron chi connectivity index (χ2n) is 6.25. The van der Waals surface area contributed by atoms with Crippen LogP contribution in [0.5, 0.6) is 10.8 Å². The van der Waals surface area contributed by atoms with Gasteiger partial charge in [-0.25, -0.2) is 0 Å². The number of hydrogen-bond donors (Lipinski definition) is 1. The molecule has 3 aliphatic heterocycles. The zero-order valence-electron chi connectivity index (χ0n) is 13.3. The van der Waals surface area contributed by atoms with Crippen LogP contribution in [0.15, 0.2) is 42.5 Å². The van der Waals surface area contributed by atoms with E-state index in [2.05, 4.69) is 10.2 Å². The average Bonchev–Trinajstić information content (AvgIpc) is 3.05. The van der Waals surface area contributed by atoms with Gasteiger partial charge in [0.2, 0.25) is 0 Å². The number of rotatable bonds is 4. The fourth-order valence-electron chi connectivity index (χ4n) is 3.47. The van der Waals surface area contributed by atoms with Crippen molar-refractivity contribution in [2.45, 2.75) is 18.9 Å². The molecule has 1 amide bonds. The quantitative estimate of drug-likeness (QED) is 0.897. The molecule has 0 unspecified atom stereocenters. The monoisotopic (exact) mass is 364 g/mol. The maximum absolute atomic E-state index is 12.5. The Kier molecular flexibility index (Phi) is 5.43. The van der Waals surface area contributed by atoms with Gasteiger partial charge in [0.25, 0.3) is 5.91 Å². The van der Waals surface area contributed by atoms with E-state index >= 15 is 0 Å². The highest BCUT2D eigenvalue weighted by Gasteiger charge is 2.35. The molecule has 1 aromatic heterocycles. The first kappa shape index (κ1) is 17.3. The minimum Gasteiger partial charge on any atom is -0.447 e. The van der Waals surface area contributed by atoms with Crippen LogP contribution in [0.25, 0.3) is 0 Å². The van der Waals surface area contributed by atoms with Crippen molar-refractivity contribution in [3.8, 4) is 10.8 Å². The van der Waals surface area contributed by atoms with Crippen LogP contribution in [0, 0.1) is 5.92 Å². The number of amides is 1. The van der Waals surface area contributed by atoms with Crippen LogP contribution in [0.1, 0.15) is 22.5 Å². The number of ether oxygens (including phenoxy) is 1. The Hall–Kier alpha value is -1.56. The number of thiophene rings is 1. The molecule has 24 heavy (non-hydrogen) atoms. The largest absolute Gasteiger partial charge is 0.447 e. The summed E-state index contributed by atoms with van der Waals surface area (Å²) in [5.74, 6) is 1.46. The highest BCUT2D eigenvalue weighted by molar-refractivity contribution is 7.15. The Morgan fingerprint density at radius 1 is 1.12 bits per heavy atom. The lowest BCUT2D eigenvalue weighted by Crippen LogP contribution is -2.57. The van der Waals surface area contributed by atoms with Gasteiger partial charge in [-0.2, -0.15) is 0 Å². The van der Waals surface area contributed by atoms with Gasteiger partial charge in [-0.1, -0.05) is 29.5 Å². The molecule has 1 aromatic carbocycles. The number of nitrogens with zero attached hydrogens (tertiary/aromatic N) is 1. The normalized spacial score (nSPS) is 24.9. The zero-order valence-corrected chi connectivity index (χ0v) is 14.9. The smallest absolute Gasteiger partial charge is 0.261 e. The molecule has 6 heteroatoms. The maximum atomic E-state index is 12.5. The number of para-hydroxylation sites is 1. The molecule has 5 rings (SSSR count). The lowest BCUT2D eigenvalue weighted by atomic mass is 9.84. The van der Waals surface area contributed by atoms with Crippen molar-refractivity contribution < 1.29 is 9.53 Å². The standard InChI is InChI=1S/C18H20N2O2S.ClH/c21-18(19-15-12-20-10-8-13(15)9-11-20)16-6-7-17(23-16)22-14-4-2-1-3-5-14;/h1-7,13,15H,8-12H2,(H,19,21);1H/t15-;/m0./s1. The van der Waals surface area contributed by atoms with Gasteiger partial charge in [0.05, 0.1) is 4.88 Å². The number of carbonyl (C=O) groups is 1. The van der Waals surface area contributed by atoms with Crippen molar-refractivity contribution in [3.63, 3.8) is 0 Å². The number of hydrogen-bond acceptors (Lipinski definition) is 4. The van der Waals surface area contributed by atoms with E-state index in [9.17, 15) is 4.79 Å². The molecule has 128 valence electrons. The van der Waals surface area contributed by atoms with Gasteiger partial charge in [-0.15, -0.1) is 12.4 Å². The van der Waals surface area contributed by atoms with Gasteiger partial charge in [0.1, 0.15) is 5.75 Å². The Morgan fingerprint density at radius 3 is 2.54 bits per heavy atom. The van der Waals surface area contributed by atoms with Crippen molar-refractivity contribution in [3.05, 3.63) is 47.3 Å². The molecule has 1 atom stereocenters. The van der Waals surface area contributed by atoms with Gasteiger partial charge < -0.3 is 15.0 Å². The van der Waals surface area contributed by atoms with Crippen LogP contribution in [-0.2, 0) is 0 Å². The van der Waals surface area contributed by atoms with Crippen molar-refractivity contribution in [2.75, 3.05) is 19.6 Å². The van der Waals surface area contributed by atoms with Crippen LogP contribution in [0.3, 0.4) is 0 Å². The Bertz CT molecular complexity index is 683. The minimum atomic E-state index is 0. The number of fused-ring (bicyclic) bond motifs is 3. The van der Waals surface area contributed by atoms with Crippen molar-refractivity contribution in [1.82, 2.24) is 10.2 Å². The van der Waals surface area contributed by atoms with E-state index in [0.29, 0.717) is 16.8 Å². The first-order valence-electron chi connectivity index (χ1n) is 8.14. The highest BCUT2D eigenvalue weighted by Crippen LogP contribution is 2.31. The topological polar surface area (TPSA) is 41.6 Å². The van der Waals surface area contributed by atoms with E-state index in [-0.39, 0.29) is 18.3 Å². The van der Waals surface area contributed by atoms with Crippen molar-refractivity contribution >= 4 is 29.7 Å². The van der Waals surface area contributed by atoms with E-state index in [1.807, 2.05) is 42.5 Å². The Morgan fingerprint density at radius 2 is 1.88 bits per heavy atom. The van der Waals surface area contributed by atoms with Gasteiger partial charge in [-0.3, -0.25) is 4.79 Å². The summed E-state index contributed by atoms with van der Waals surface area (Å²) in [5, 5.41) is 3.96. The number of carbonyl (C=O) groups excluding carboxylic acids is 1. The number of benzene rings is 1. The molecular weight excluding hydrogens is 344 g/mol. The van der Waals surface area contributed by atoms with E-state index in [1.165, 1.54) is 37.3 Å². The molecule has 3 aliphatic rings. The summed E-state index contributed by atoms with van der Waals surface area (Å²) in [6.07, 6.45) is 2.41. The molecular formula is C18H21ClN2O2S. The first-order chi connectivity index (χ1) is 11.3. The van der Waals surface area contributed by atoms with Gasteiger partial charge in [0, 0.05) is 12.6 Å². The lowest BCUT2D eigenvalue weighted by Gasteiger charge is -2.44. The average molecular weight is 365 g/mol. The van der Waals surface area contributed by atoms with Crippen LogP contribution in [0.4, 0.5) is 0 Å². The molecule has 0 saturated carbocycles. The highest BCUT2D eigenvalue weighted by atomic mass is 35.5. The second kappa shape index (κ2) is 7.55. The summed E-state index contributed by atoms with van der Waals surface area (Å²) in [5.41, 5.74) is 0. The third-order valence-corrected chi connectivity index (χ3v) is 5.70. The van der Waals surface area contributed by atoms with Gasteiger partial charge in [0.15, 0.2) is 5.06 Å². The third kappa shape index (κ3) is 3.74. The summed E-state index contributed by atoms with van der Waals surface area (Å²) in [6.45, 7) is 3.37. The van der Waals surface area contributed by atoms with E-state index < -0.39 is 0 Å². The third-order valence-electron chi connectivity index (χ3n) is 4.74.